The summed E-state index contributed by atoms with van der Waals surface area (Å²) in [6.07, 6.45) is 3.06. The Labute approximate surface area is 137 Å². The minimum atomic E-state index is -0.534. The number of carbonyl (C=O) groups excluding carboxylic acids is 1. The summed E-state index contributed by atoms with van der Waals surface area (Å²) in [7, 11) is 0. The van der Waals surface area contributed by atoms with Gasteiger partial charge >= 0.3 is 5.69 Å². The van der Waals surface area contributed by atoms with Gasteiger partial charge in [-0.25, -0.2) is 9.78 Å². The highest BCUT2D eigenvalue weighted by Crippen LogP contribution is 2.12. The third-order valence-corrected chi connectivity index (χ3v) is 4.12. The van der Waals surface area contributed by atoms with Crippen molar-refractivity contribution in [3.63, 3.8) is 0 Å². The molecule has 0 aliphatic carbocycles. The van der Waals surface area contributed by atoms with Gasteiger partial charge < -0.3 is 10.1 Å². The van der Waals surface area contributed by atoms with Crippen LogP contribution in [0.5, 0.6) is 0 Å². The maximum Gasteiger partial charge on any atom is 0.329 e. The fourth-order valence-electron chi connectivity index (χ4n) is 2.81. The Kier molecular flexibility index (Phi) is 4.75. The second kappa shape index (κ2) is 6.96. The lowest BCUT2D eigenvalue weighted by atomic mass is 10.1. The number of hydrogen-bond donors (Lipinski definition) is 2. The van der Waals surface area contributed by atoms with Gasteiger partial charge in [-0.2, -0.15) is 0 Å². The first-order chi connectivity index (χ1) is 11.6. The smallest absolute Gasteiger partial charge is 0.329 e. The molecule has 1 saturated heterocycles. The Morgan fingerprint density at radius 3 is 3.04 bits per heavy atom. The molecule has 1 amide bonds. The summed E-state index contributed by atoms with van der Waals surface area (Å²) >= 11 is 0. The average molecular weight is 332 g/mol. The Hall–Kier alpha value is -2.48. The molecule has 0 aromatic carbocycles. The van der Waals surface area contributed by atoms with Crippen LogP contribution in [0, 0.1) is 5.92 Å². The van der Waals surface area contributed by atoms with E-state index < -0.39 is 11.2 Å². The Balaban J connectivity index is 1.89. The molecule has 0 saturated carbocycles. The monoisotopic (exact) mass is 332 g/mol. The van der Waals surface area contributed by atoms with Crippen molar-refractivity contribution in [1.82, 2.24) is 19.9 Å². The van der Waals surface area contributed by atoms with Gasteiger partial charge in [0.1, 0.15) is 5.65 Å². The molecule has 2 aromatic heterocycles. The number of ether oxygens (including phenoxy) is 1. The highest BCUT2D eigenvalue weighted by molar-refractivity contribution is 5.96. The molecule has 2 N–H and O–H groups in total. The predicted octanol–water partition coefficient (Wildman–Crippen LogP) is 0.261. The summed E-state index contributed by atoms with van der Waals surface area (Å²) in [6.45, 7) is 4.29. The first kappa shape index (κ1) is 16.4. The predicted molar refractivity (Wildman–Crippen MR) is 88.2 cm³/mol. The van der Waals surface area contributed by atoms with Gasteiger partial charge in [0.25, 0.3) is 11.5 Å². The maximum atomic E-state index is 12.3. The average Bonchev–Trinajstić information content (AvgIpc) is 3.09. The van der Waals surface area contributed by atoms with Crippen LogP contribution in [0.2, 0.25) is 0 Å². The van der Waals surface area contributed by atoms with Crippen molar-refractivity contribution in [3.8, 4) is 0 Å². The molecule has 2 aromatic rings. The van der Waals surface area contributed by atoms with E-state index >= 15 is 0 Å². The molecular formula is C16H20N4O4. The Morgan fingerprint density at radius 2 is 2.33 bits per heavy atom. The molecule has 1 aliphatic rings. The molecule has 3 rings (SSSR count). The van der Waals surface area contributed by atoms with Gasteiger partial charge in [-0.15, -0.1) is 0 Å². The fraction of sp³-hybridized carbons (Fsp3) is 0.500. The van der Waals surface area contributed by atoms with Crippen molar-refractivity contribution in [2.24, 2.45) is 5.92 Å². The molecule has 0 spiro atoms. The van der Waals surface area contributed by atoms with Crippen LogP contribution in [-0.2, 0) is 11.3 Å². The Bertz CT molecular complexity index is 864. The quantitative estimate of drug-likeness (QED) is 0.817. The summed E-state index contributed by atoms with van der Waals surface area (Å²) in [6, 6.07) is 1.48. The summed E-state index contributed by atoms with van der Waals surface area (Å²) in [4.78, 5) is 42.6. The maximum absolute atomic E-state index is 12.3. The van der Waals surface area contributed by atoms with Crippen molar-refractivity contribution >= 4 is 16.9 Å². The lowest BCUT2D eigenvalue weighted by Gasteiger charge is -2.11. The van der Waals surface area contributed by atoms with Crippen LogP contribution in [0.25, 0.3) is 11.0 Å². The SMILES string of the molecule is CCCn1c(=O)[nH]c(=O)c2cc(C(=O)NC[C@@H]3CCOC3)cnc21. The van der Waals surface area contributed by atoms with Gasteiger partial charge in [-0.1, -0.05) is 6.92 Å². The number of rotatable bonds is 5. The molecule has 24 heavy (non-hydrogen) atoms. The molecule has 128 valence electrons. The third kappa shape index (κ3) is 3.23. The first-order valence-electron chi connectivity index (χ1n) is 8.09. The topological polar surface area (TPSA) is 106 Å². The number of nitrogens with zero attached hydrogens (tertiary/aromatic N) is 2. The second-order valence-corrected chi connectivity index (χ2v) is 5.95. The fourth-order valence-corrected chi connectivity index (χ4v) is 2.81. The zero-order chi connectivity index (χ0) is 17.1. The van der Waals surface area contributed by atoms with Gasteiger partial charge in [0.2, 0.25) is 0 Å². The number of pyridine rings is 1. The van der Waals surface area contributed by atoms with Crippen LogP contribution >= 0.6 is 0 Å². The number of fused-ring (bicyclic) bond motifs is 1. The second-order valence-electron chi connectivity index (χ2n) is 5.95. The van der Waals surface area contributed by atoms with E-state index in [1.165, 1.54) is 16.8 Å². The highest BCUT2D eigenvalue weighted by atomic mass is 16.5. The molecule has 8 nitrogen and oxygen atoms in total. The number of amides is 1. The van der Waals surface area contributed by atoms with E-state index in [4.69, 9.17) is 4.74 Å². The lowest BCUT2D eigenvalue weighted by molar-refractivity contribution is 0.0945. The van der Waals surface area contributed by atoms with Crippen LogP contribution in [0.1, 0.15) is 30.1 Å². The Morgan fingerprint density at radius 1 is 1.50 bits per heavy atom. The highest BCUT2D eigenvalue weighted by Gasteiger charge is 2.18. The molecule has 1 fully saturated rings. The minimum absolute atomic E-state index is 0.236. The summed E-state index contributed by atoms with van der Waals surface area (Å²) in [5.41, 5.74) is -0.422. The van der Waals surface area contributed by atoms with Gasteiger partial charge in [0, 0.05) is 31.8 Å². The van der Waals surface area contributed by atoms with E-state index in [0.717, 1.165) is 19.4 Å². The van der Waals surface area contributed by atoms with Crippen LogP contribution in [-0.4, -0.2) is 40.2 Å². The molecule has 1 atom stereocenters. The molecule has 1 aliphatic heterocycles. The van der Waals surface area contributed by atoms with E-state index in [9.17, 15) is 14.4 Å². The van der Waals surface area contributed by atoms with Crippen LogP contribution in [0.3, 0.4) is 0 Å². The molecule has 0 radical (unpaired) electrons. The van der Waals surface area contributed by atoms with Crippen molar-refractivity contribution in [3.05, 3.63) is 38.7 Å². The number of H-pyrrole nitrogens is 1. The van der Waals surface area contributed by atoms with Crippen molar-refractivity contribution in [1.29, 1.82) is 0 Å². The first-order valence-corrected chi connectivity index (χ1v) is 8.09. The van der Waals surface area contributed by atoms with Crippen LogP contribution in [0.4, 0.5) is 0 Å². The third-order valence-electron chi connectivity index (χ3n) is 4.12. The lowest BCUT2D eigenvalue weighted by Crippen LogP contribution is -2.32. The van der Waals surface area contributed by atoms with E-state index in [-0.39, 0.29) is 11.3 Å². The molecule has 8 heteroatoms. The van der Waals surface area contributed by atoms with Crippen LogP contribution in [0.15, 0.2) is 21.9 Å². The summed E-state index contributed by atoms with van der Waals surface area (Å²) < 4.78 is 6.69. The van der Waals surface area contributed by atoms with Gasteiger partial charge in [-0.3, -0.25) is 19.1 Å². The number of carbonyl (C=O) groups is 1. The van der Waals surface area contributed by atoms with Crippen LogP contribution < -0.4 is 16.6 Å². The zero-order valence-corrected chi connectivity index (χ0v) is 13.5. The summed E-state index contributed by atoms with van der Waals surface area (Å²) in [5, 5.41) is 3.07. The normalized spacial score (nSPS) is 17.3. The van der Waals surface area contributed by atoms with Crippen molar-refractivity contribution in [2.75, 3.05) is 19.8 Å². The number of hydrogen-bond acceptors (Lipinski definition) is 5. The molecule has 0 bridgehead atoms. The van der Waals surface area contributed by atoms with Gasteiger partial charge in [-0.05, 0) is 18.9 Å². The van der Waals surface area contributed by atoms with Crippen molar-refractivity contribution in [2.45, 2.75) is 26.3 Å². The molecular weight excluding hydrogens is 312 g/mol. The van der Waals surface area contributed by atoms with E-state index in [2.05, 4.69) is 15.3 Å². The number of nitrogens with one attached hydrogen (secondary N) is 2. The van der Waals surface area contributed by atoms with Gasteiger partial charge in [0.05, 0.1) is 17.6 Å². The molecule has 3 heterocycles. The zero-order valence-electron chi connectivity index (χ0n) is 13.5. The number of aryl methyl sites for hydroxylation is 1. The standard InChI is InChI=1S/C16H20N4O4/c1-2-4-20-13-12(15(22)19-16(20)23)6-11(8-17-13)14(21)18-7-10-3-5-24-9-10/h6,8,10H,2-5,7,9H2,1H3,(H,18,21)(H,19,22,23)/t10-/m0/s1. The minimum Gasteiger partial charge on any atom is -0.381 e. The number of aromatic amines is 1. The largest absolute Gasteiger partial charge is 0.381 e. The van der Waals surface area contributed by atoms with Gasteiger partial charge in [0.15, 0.2) is 0 Å². The van der Waals surface area contributed by atoms with E-state index in [0.29, 0.717) is 36.8 Å². The molecule has 0 unspecified atom stereocenters. The summed E-state index contributed by atoms with van der Waals surface area (Å²) in [5.74, 6) is 0.0319. The van der Waals surface area contributed by atoms with Crippen molar-refractivity contribution < 1.29 is 9.53 Å². The van der Waals surface area contributed by atoms with E-state index in [1.54, 1.807) is 0 Å². The number of aromatic nitrogens is 3. The van der Waals surface area contributed by atoms with E-state index in [1.807, 2.05) is 6.92 Å².